The van der Waals surface area contributed by atoms with Crippen molar-refractivity contribution in [2.24, 2.45) is 0 Å². The Morgan fingerprint density at radius 2 is 1.62 bits per heavy atom. The first-order chi connectivity index (χ1) is 9.84. The highest BCUT2D eigenvalue weighted by Gasteiger charge is 2.32. The summed E-state index contributed by atoms with van der Waals surface area (Å²) >= 11 is 5.96. The average Bonchev–Trinajstić information content (AvgIpc) is 2.46. The monoisotopic (exact) mass is 324 g/mol. The van der Waals surface area contributed by atoms with Crippen molar-refractivity contribution in [3.63, 3.8) is 0 Å². The lowest BCUT2D eigenvalue weighted by Crippen LogP contribution is -2.25. The lowest BCUT2D eigenvalue weighted by atomic mass is 10.1. The SMILES string of the molecule is Cc1ccc(C(O)C(C)S(=O)(=O)c2ccccc2Cl)cc1. The van der Waals surface area contributed by atoms with Crippen LogP contribution in [0, 0.1) is 6.92 Å². The highest BCUT2D eigenvalue weighted by Crippen LogP contribution is 2.30. The van der Waals surface area contributed by atoms with E-state index in [0.29, 0.717) is 5.56 Å². The number of benzene rings is 2. The van der Waals surface area contributed by atoms with Crippen LogP contribution < -0.4 is 0 Å². The van der Waals surface area contributed by atoms with Gasteiger partial charge in [-0.05, 0) is 31.5 Å². The molecule has 2 atom stereocenters. The summed E-state index contributed by atoms with van der Waals surface area (Å²) < 4.78 is 25.2. The van der Waals surface area contributed by atoms with Gasteiger partial charge < -0.3 is 5.11 Å². The Bertz CT molecular complexity index is 723. The van der Waals surface area contributed by atoms with E-state index in [1.807, 2.05) is 19.1 Å². The summed E-state index contributed by atoms with van der Waals surface area (Å²) in [6, 6.07) is 13.4. The van der Waals surface area contributed by atoms with Crippen molar-refractivity contribution < 1.29 is 13.5 Å². The second kappa shape index (κ2) is 6.18. The zero-order valence-electron chi connectivity index (χ0n) is 11.8. The summed E-state index contributed by atoms with van der Waals surface area (Å²) in [7, 11) is -3.71. The van der Waals surface area contributed by atoms with E-state index in [1.165, 1.54) is 19.1 Å². The molecule has 2 aromatic carbocycles. The summed E-state index contributed by atoms with van der Waals surface area (Å²) in [5.74, 6) is 0. The van der Waals surface area contributed by atoms with Crippen molar-refractivity contribution in [1.29, 1.82) is 0 Å². The Hall–Kier alpha value is -1.36. The third-order valence-corrected chi connectivity index (χ3v) is 6.14. The fourth-order valence-electron chi connectivity index (χ4n) is 2.08. The van der Waals surface area contributed by atoms with E-state index in [2.05, 4.69) is 0 Å². The number of aryl methyl sites for hydroxylation is 1. The topological polar surface area (TPSA) is 54.4 Å². The summed E-state index contributed by atoms with van der Waals surface area (Å²) in [4.78, 5) is 0.0466. The summed E-state index contributed by atoms with van der Waals surface area (Å²) in [6.45, 7) is 3.42. The van der Waals surface area contributed by atoms with Crippen LogP contribution in [0.4, 0.5) is 0 Å². The van der Waals surface area contributed by atoms with E-state index in [9.17, 15) is 13.5 Å². The fraction of sp³-hybridized carbons (Fsp3) is 0.250. The maximum absolute atomic E-state index is 12.6. The lowest BCUT2D eigenvalue weighted by molar-refractivity contribution is 0.176. The molecule has 0 heterocycles. The van der Waals surface area contributed by atoms with Crippen LogP contribution in [0.3, 0.4) is 0 Å². The first kappa shape index (κ1) is 16.0. The van der Waals surface area contributed by atoms with E-state index >= 15 is 0 Å². The predicted molar refractivity (Wildman–Crippen MR) is 84.2 cm³/mol. The molecule has 0 aliphatic heterocycles. The van der Waals surface area contributed by atoms with Gasteiger partial charge in [0.2, 0.25) is 0 Å². The quantitative estimate of drug-likeness (QED) is 0.935. The summed E-state index contributed by atoms with van der Waals surface area (Å²) in [5.41, 5.74) is 1.62. The van der Waals surface area contributed by atoms with Gasteiger partial charge in [0.25, 0.3) is 0 Å². The van der Waals surface area contributed by atoms with E-state index in [4.69, 9.17) is 11.6 Å². The molecular weight excluding hydrogens is 308 g/mol. The molecule has 0 bridgehead atoms. The van der Waals surface area contributed by atoms with Gasteiger partial charge >= 0.3 is 0 Å². The number of halogens is 1. The molecule has 0 saturated carbocycles. The molecular formula is C16H17ClO3S. The minimum absolute atomic E-state index is 0.0466. The first-order valence-corrected chi connectivity index (χ1v) is 8.49. The Kier molecular flexibility index (Phi) is 4.71. The molecule has 0 aliphatic rings. The van der Waals surface area contributed by atoms with Gasteiger partial charge in [0.15, 0.2) is 9.84 Å². The predicted octanol–water partition coefficient (Wildman–Crippen LogP) is 3.54. The van der Waals surface area contributed by atoms with Crippen molar-refractivity contribution in [3.05, 3.63) is 64.7 Å². The molecule has 21 heavy (non-hydrogen) atoms. The number of aliphatic hydroxyl groups is 1. The summed E-state index contributed by atoms with van der Waals surface area (Å²) in [5, 5.41) is 9.53. The molecule has 0 saturated heterocycles. The number of sulfone groups is 1. The van der Waals surface area contributed by atoms with Crippen molar-refractivity contribution >= 4 is 21.4 Å². The second-order valence-electron chi connectivity index (χ2n) is 5.04. The van der Waals surface area contributed by atoms with Crippen LogP contribution in [0.15, 0.2) is 53.4 Å². The van der Waals surface area contributed by atoms with Crippen LogP contribution in [-0.2, 0) is 9.84 Å². The molecule has 0 aromatic heterocycles. The Balaban J connectivity index is 2.36. The standard InChI is InChI=1S/C16H17ClO3S/c1-11-7-9-13(10-8-11)16(18)12(2)21(19,20)15-6-4-3-5-14(15)17/h3-10,12,16,18H,1-2H3. The number of hydrogen-bond donors (Lipinski definition) is 1. The van der Waals surface area contributed by atoms with Gasteiger partial charge in [0, 0.05) is 0 Å². The molecule has 5 heteroatoms. The normalized spacial score (nSPS) is 14.7. The second-order valence-corrected chi connectivity index (χ2v) is 7.72. The average molecular weight is 325 g/mol. The van der Waals surface area contributed by atoms with Crippen molar-refractivity contribution in [3.8, 4) is 0 Å². The zero-order valence-corrected chi connectivity index (χ0v) is 13.4. The van der Waals surface area contributed by atoms with E-state index in [0.717, 1.165) is 5.56 Å². The zero-order chi connectivity index (χ0) is 15.6. The van der Waals surface area contributed by atoms with Crippen LogP contribution in [0.2, 0.25) is 5.02 Å². The molecule has 0 radical (unpaired) electrons. The van der Waals surface area contributed by atoms with Crippen LogP contribution in [0.5, 0.6) is 0 Å². The van der Waals surface area contributed by atoms with Gasteiger partial charge in [-0.2, -0.15) is 0 Å². The Labute approximate surface area is 130 Å². The molecule has 0 spiro atoms. The van der Waals surface area contributed by atoms with E-state index < -0.39 is 21.2 Å². The minimum atomic E-state index is -3.71. The van der Waals surface area contributed by atoms with Gasteiger partial charge in [-0.3, -0.25) is 0 Å². The molecule has 0 amide bonds. The molecule has 2 unspecified atom stereocenters. The maximum atomic E-state index is 12.6. The lowest BCUT2D eigenvalue weighted by Gasteiger charge is -2.20. The van der Waals surface area contributed by atoms with Gasteiger partial charge in [0.1, 0.15) is 0 Å². The molecule has 1 N–H and O–H groups in total. The van der Waals surface area contributed by atoms with E-state index in [1.54, 1.807) is 24.3 Å². The van der Waals surface area contributed by atoms with Gasteiger partial charge in [-0.15, -0.1) is 0 Å². The molecule has 112 valence electrons. The fourth-order valence-corrected chi connectivity index (χ4v) is 4.04. The van der Waals surface area contributed by atoms with Crippen LogP contribution >= 0.6 is 11.6 Å². The number of aliphatic hydroxyl groups excluding tert-OH is 1. The third kappa shape index (κ3) is 3.28. The van der Waals surface area contributed by atoms with Crippen LogP contribution in [0.1, 0.15) is 24.2 Å². The van der Waals surface area contributed by atoms with E-state index in [-0.39, 0.29) is 9.92 Å². The molecule has 3 nitrogen and oxygen atoms in total. The highest BCUT2D eigenvalue weighted by molar-refractivity contribution is 7.92. The van der Waals surface area contributed by atoms with Gasteiger partial charge in [0.05, 0.1) is 21.3 Å². The molecule has 2 rings (SSSR count). The number of rotatable bonds is 4. The smallest absolute Gasteiger partial charge is 0.185 e. The third-order valence-electron chi connectivity index (χ3n) is 3.50. The van der Waals surface area contributed by atoms with Crippen molar-refractivity contribution in [2.75, 3.05) is 0 Å². The Morgan fingerprint density at radius 1 is 1.05 bits per heavy atom. The van der Waals surface area contributed by atoms with Gasteiger partial charge in [-0.25, -0.2) is 8.42 Å². The first-order valence-electron chi connectivity index (χ1n) is 6.57. The van der Waals surface area contributed by atoms with Crippen molar-refractivity contribution in [2.45, 2.75) is 30.1 Å². The molecule has 2 aromatic rings. The largest absolute Gasteiger partial charge is 0.387 e. The van der Waals surface area contributed by atoms with Crippen LogP contribution in [-0.4, -0.2) is 18.8 Å². The number of hydrogen-bond acceptors (Lipinski definition) is 3. The maximum Gasteiger partial charge on any atom is 0.185 e. The molecule has 0 fully saturated rings. The Morgan fingerprint density at radius 3 is 2.19 bits per heavy atom. The van der Waals surface area contributed by atoms with Crippen molar-refractivity contribution in [1.82, 2.24) is 0 Å². The minimum Gasteiger partial charge on any atom is -0.387 e. The van der Waals surface area contributed by atoms with Crippen LogP contribution in [0.25, 0.3) is 0 Å². The highest BCUT2D eigenvalue weighted by atomic mass is 35.5. The van der Waals surface area contributed by atoms with Gasteiger partial charge in [-0.1, -0.05) is 53.6 Å². The summed E-state index contributed by atoms with van der Waals surface area (Å²) in [6.07, 6.45) is -1.10. The molecule has 0 aliphatic carbocycles.